The zero-order chi connectivity index (χ0) is 12.7. The average Bonchev–Trinajstić information content (AvgIpc) is 2.62. The number of nitrogens with zero attached hydrogens (tertiary/aromatic N) is 1. The predicted molar refractivity (Wildman–Crippen MR) is 71.0 cm³/mol. The van der Waals surface area contributed by atoms with Crippen LogP contribution < -0.4 is 5.32 Å². The molecular weight excluding hydrogens is 212 g/mol. The van der Waals surface area contributed by atoms with Crippen LogP contribution >= 0.6 is 0 Å². The van der Waals surface area contributed by atoms with Gasteiger partial charge in [0, 0.05) is 18.2 Å². The van der Waals surface area contributed by atoms with E-state index in [1.165, 1.54) is 37.7 Å². The molecule has 1 atom stereocenters. The maximum absolute atomic E-state index is 5.15. The Morgan fingerprint density at radius 2 is 2.00 bits per heavy atom. The second-order valence-corrected chi connectivity index (χ2v) is 4.93. The Hall–Kier alpha value is -0.830. The molecule has 1 unspecified atom stereocenters. The first kappa shape index (κ1) is 14.2. The van der Waals surface area contributed by atoms with Crippen molar-refractivity contribution in [1.29, 1.82) is 0 Å². The molecule has 17 heavy (non-hydrogen) atoms. The van der Waals surface area contributed by atoms with E-state index in [0.29, 0.717) is 6.04 Å². The van der Waals surface area contributed by atoms with Crippen molar-refractivity contribution in [1.82, 2.24) is 10.5 Å². The van der Waals surface area contributed by atoms with E-state index in [0.717, 1.165) is 18.0 Å². The van der Waals surface area contributed by atoms with Crippen molar-refractivity contribution in [3.8, 4) is 0 Å². The molecule has 0 bridgehead atoms. The Morgan fingerprint density at radius 3 is 2.59 bits per heavy atom. The molecule has 1 rings (SSSR count). The fourth-order valence-corrected chi connectivity index (χ4v) is 2.01. The van der Waals surface area contributed by atoms with Crippen LogP contribution in [-0.2, 0) is 6.54 Å². The van der Waals surface area contributed by atoms with Crippen LogP contribution in [-0.4, -0.2) is 11.2 Å². The summed E-state index contributed by atoms with van der Waals surface area (Å²) in [6, 6.07) is 0.570. The summed E-state index contributed by atoms with van der Waals surface area (Å²) in [6.07, 6.45) is 6.60. The summed E-state index contributed by atoms with van der Waals surface area (Å²) in [6.45, 7) is 9.35. The highest BCUT2D eigenvalue weighted by Crippen LogP contribution is 2.12. The van der Waals surface area contributed by atoms with Gasteiger partial charge in [-0.25, -0.2) is 0 Å². The summed E-state index contributed by atoms with van der Waals surface area (Å²) < 4.78 is 5.15. The molecule has 0 amide bonds. The van der Waals surface area contributed by atoms with Gasteiger partial charge in [0.1, 0.15) is 5.76 Å². The Labute approximate surface area is 105 Å². The number of unbranched alkanes of at least 4 members (excludes halogenated alkanes) is 3. The van der Waals surface area contributed by atoms with Crippen LogP contribution in [0.4, 0.5) is 0 Å². The number of hydrogen-bond acceptors (Lipinski definition) is 3. The summed E-state index contributed by atoms with van der Waals surface area (Å²) >= 11 is 0. The van der Waals surface area contributed by atoms with E-state index >= 15 is 0 Å². The van der Waals surface area contributed by atoms with Gasteiger partial charge < -0.3 is 9.84 Å². The van der Waals surface area contributed by atoms with E-state index in [-0.39, 0.29) is 0 Å². The largest absolute Gasteiger partial charge is 0.361 e. The Morgan fingerprint density at radius 1 is 1.24 bits per heavy atom. The van der Waals surface area contributed by atoms with Crippen LogP contribution in [0.25, 0.3) is 0 Å². The fraction of sp³-hybridized carbons (Fsp3) is 0.786. The molecule has 1 N–H and O–H groups in total. The monoisotopic (exact) mass is 238 g/mol. The van der Waals surface area contributed by atoms with Crippen molar-refractivity contribution in [3.05, 3.63) is 17.0 Å². The van der Waals surface area contributed by atoms with Crippen molar-refractivity contribution in [2.24, 2.45) is 0 Å². The van der Waals surface area contributed by atoms with Crippen molar-refractivity contribution in [3.63, 3.8) is 0 Å². The van der Waals surface area contributed by atoms with Crippen LogP contribution in [0.1, 0.15) is 63.0 Å². The third-order valence-corrected chi connectivity index (χ3v) is 3.30. The third-order valence-electron chi connectivity index (χ3n) is 3.30. The molecule has 0 saturated carbocycles. The summed E-state index contributed by atoms with van der Waals surface area (Å²) in [4.78, 5) is 0. The van der Waals surface area contributed by atoms with E-state index in [1.807, 2.05) is 13.8 Å². The lowest BCUT2D eigenvalue weighted by Crippen LogP contribution is -2.25. The van der Waals surface area contributed by atoms with Gasteiger partial charge in [0.25, 0.3) is 0 Å². The van der Waals surface area contributed by atoms with Gasteiger partial charge in [0.15, 0.2) is 0 Å². The van der Waals surface area contributed by atoms with Crippen molar-refractivity contribution in [2.75, 3.05) is 0 Å². The quantitative estimate of drug-likeness (QED) is 0.701. The highest BCUT2D eigenvalue weighted by molar-refractivity contribution is 5.20. The first-order valence-electron chi connectivity index (χ1n) is 6.80. The Kier molecular flexibility index (Phi) is 6.27. The first-order chi connectivity index (χ1) is 8.15. The van der Waals surface area contributed by atoms with Crippen molar-refractivity contribution < 1.29 is 4.52 Å². The topological polar surface area (TPSA) is 38.1 Å². The SMILES string of the molecule is CCCCCCC(C)NCc1c(C)noc1C. The third kappa shape index (κ3) is 4.90. The molecule has 1 aromatic rings. The minimum Gasteiger partial charge on any atom is -0.361 e. The minimum absolute atomic E-state index is 0.570. The Balaban J connectivity index is 2.21. The van der Waals surface area contributed by atoms with Crippen LogP contribution in [0.15, 0.2) is 4.52 Å². The molecule has 3 heteroatoms. The van der Waals surface area contributed by atoms with Crippen LogP contribution in [0, 0.1) is 13.8 Å². The standard InChI is InChI=1S/C14H26N2O/c1-5-6-7-8-9-11(2)15-10-14-12(3)16-17-13(14)4/h11,15H,5-10H2,1-4H3. The van der Waals surface area contributed by atoms with Gasteiger partial charge in [-0.1, -0.05) is 37.8 Å². The van der Waals surface area contributed by atoms with Crippen molar-refractivity contribution in [2.45, 2.75) is 72.4 Å². The molecule has 0 spiro atoms. The average molecular weight is 238 g/mol. The van der Waals surface area contributed by atoms with Crippen molar-refractivity contribution >= 4 is 0 Å². The Bertz CT molecular complexity index is 301. The van der Waals surface area contributed by atoms with Gasteiger partial charge >= 0.3 is 0 Å². The molecule has 1 aromatic heterocycles. The highest BCUT2D eigenvalue weighted by atomic mass is 16.5. The number of aromatic nitrogens is 1. The summed E-state index contributed by atoms with van der Waals surface area (Å²) in [7, 11) is 0. The van der Waals surface area contributed by atoms with E-state index < -0.39 is 0 Å². The van der Waals surface area contributed by atoms with Crippen LogP contribution in [0.2, 0.25) is 0 Å². The molecule has 98 valence electrons. The fourth-order valence-electron chi connectivity index (χ4n) is 2.01. The van der Waals surface area contributed by atoms with Gasteiger partial charge in [0.05, 0.1) is 5.69 Å². The van der Waals surface area contributed by atoms with Gasteiger partial charge in [-0.15, -0.1) is 0 Å². The lowest BCUT2D eigenvalue weighted by atomic mass is 10.1. The predicted octanol–water partition coefficient (Wildman–Crippen LogP) is 3.74. The van der Waals surface area contributed by atoms with Gasteiger partial charge in [-0.2, -0.15) is 0 Å². The molecule has 0 aliphatic heterocycles. The number of hydrogen-bond donors (Lipinski definition) is 1. The number of aryl methyl sites for hydroxylation is 2. The van der Waals surface area contributed by atoms with E-state index in [1.54, 1.807) is 0 Å². The maximum atomic E-state index is 5.15. The molecule has 0 fully saturated rings. The smallest absolute Gasteiger partial charge is 0.138 e. The lowest BCUT2D eigenvalue weighted by molar-refractivity contribution is 0.391. The number of rotatable bonds is 8. The zero-order valence-electron chi connectivity index (χ0n) is 11.7. The molecule has 0 aromatic carbocycles. The summed E-state index contributed by atoms with van der Waals surface area (Å²) in [5.41, 5.74) is 2.22. The van der Waals surface area contributed by atoms with Crippen LogP contribution in [0.5, 0.6) is 0 Å². The van der Waals surface area contributed by atoms with E-state index in [2.05, 4.69) is 24.3 Å². The summed E-state index contributed by atoms with van der Waals surface area (Å²) in [5, 5.41) is 7.51. The highest BCUT2D eigenvalue weighted by Gasteiger charge is 2.09. The molecule has 0 aliphatic carbocycles. The zero-order valence-corrected chi connectivity index (χ0v) is 11.7. The summed E-state index contributed by atoms with van der Waals surface area (Å²) in [5.74, 6) is 0.938. The minimum atomic E-state index is 0.570. The normalized spacial score (nSPS) is 12.9. The molecule has 0 radical (unpaired) electrons. The van der Waals surface area contributed by atoms with Gasteiger partial charge in [-0.3, -0.25) is 0 Å². The van der Waals surface area contributed by atoms with Gasteiger partial charge in [-0.05, 0) is 27.2 Å². The van der Waals surface area contributed by atoms with E-state index in [4.69, 9.17) is 4.52 Å². The molecule has 3 nitrogen and oxygen atoms in total. The molecule has 0 aliphatic rings. The number of nitrogens with one attached hydrogen (secondary N) is 1. The second kappa shape index (κ2) is 7.49. The first-order valence-corrected chi connectivity index (χ1v) is 6.80. The maximum Gasteiger partial charge on any atom is 0.138 e. The second-order valence-electron chi connectivity index (χ2n) is 4.93. The molecule has 1 heterocycles. The van der Waals surface area contributed by atoms with Gasteiger partial charge in [0.2, 0.25) is 0 Å². The molecular formula is C14H26N2O. The lowest BCUT2D eigenvalue weighted by Gasteiger charge is -2.13. The molecule has 0 saturated heterocycles. The van der Waals surface area contributed by atoms with E-state index in [9.17, 15) is 0 Å². The van der Waals surface area contributed by atoms with Crippen LogP contribution in [0.3, 0.4) is 0 Å².